The molecule has 1 aliphatic carbocycles. The molecule has 0 saturated heterocycles. The van der Waals surface area contributed by atoms with Gasteiger partial charge in [-0.25, -0.2) is 9.37 Å². The van der Waals surface area contributed by atoms with Crippen LogP contribution in [0.25, 0.3) is 10.6 Å². The van der Waals surface area contributed by atoms with Crippen LogP contribution >= 0.6 is 11.3 Å². The Kier molecular flexibility index (Phi) is 3.97. The number of aromatic nitrogens is 1. The lowest BCUT2D eigenvalue weighted by molar-refractivity contribution is 0.0966. The molecule has 0 spiro atoms. The van der Waals surface area contributed by atoms with Gasteiger partial charge in [0, 0.05) is 24.2 Å². The van der Waals surface area contributed by atoms with Crippen molar-refractivity contribution in [1.29, 1.82) is 0 Å². The topological polar surface area (TPSA) is 80.0 Å². The van der Waals surface area contributed by atoms with Gasteiger partial charge in [-0.3, -0.25) is 4.79 Å². The highest BCUT2D eigenvalue weighted by Crippen LogP contribution is 2.35. The van der Waals surface area contributed by atoms with Crippen molar-refractivity contribution in [2.24, 2.45) is 5.73 Å². The van der Waals surface area contributed by atoms with Gasteiger partial charge >= 0.3 is 0 Å². The summed E-state index contributed by atoms with van der Waals surface area (Å²) in [5, 5.41) is 7.82. The normalized spacial score (nSPS) is 23.0. The molecule has 7 heteroatoms. The van der Waals surface area contributed by atoms with E-state index in [9.17, 15) is 9.18 Å². The number of pyridine rings is 1. The molecule has 2 aromatic rings. The van der Waals surface area contributed by atoms with E-state index in [1.165, 1.54) is 11.3 Å². The third-order valence-electron chi connectivity index (χ3n) is 4.78. The average Bonchev–Trinajstić information content (AvgIpc) is 3.23. The molecule has 2 atom stereocenters. The zero-order valence-corrected chi connectivity index (χ0v) is 14.0. The molecule has 2 unspecified atom stereocenters. The van der Waals surface area contributed by atoms with Crippen molar-refractivity contribution < 1.29 is 9.18 Å². The summed E-state index contributed by atoms with van der Waals surface area (Å²) < 4.78 is 14.9. The summed E-state index contributed by atoms with van der Waals surface area (Å²) >= 11 is 1.49. The van der Waals surface area contributed by atoms with Gasteiger partial charge in [-0.15, -0.1) is 11.3 Å². The van der Waals surface area contributed by atoms with Crippen LogP contribution in [0.2, 0.25) is 0 Å². The Morgan fingerprint density at radius 3 is 2.96 bits per heavy atom. The molecule has 24 heavy (non-hydrogen) atoms. The Balaban J connectivity index is 1.78. The Hall–Kier alpha value is -1.99. The van der Waals surface area contributed by atoms with Crippen LogP contribution in [0.1, 0.15) is 41.6 Å². The Morgan fingerprint density at radius 1 is 1.38 bits per heavy atom. The molecule has 0 radical (unpaired) electrons. The summed E-state index contributed by atoms with van der Waals surface area (Å²) in [7, 11) is 0. The van der Waals surface area contributed by atoms with E-state index in [1.807, 2.05) is 17.5 Å². The second-order valence-electron chi connectivity index (χ2n) is 6.34. The van der Waals surface area contributed by atoms with Crippen LogP contribution in [0.15, 0.2) is 17.5 Å². The first-order chi connectivity index (χ1) is 11.6. The summed E-state index contributed by atoms with van der Waals surface area (Å²) in [4.78, 5) is 17.5. The van der Waals surface area contributed by atoms with Gasteiger partial charge in [0.15, 0.2) is 11.6 Å². The fourth-order valence-electron chi connectivity index (χ4n) is 3.48. The van der Waals surface area contributed by atoms with E-state index >= 15 is 0 Å². The summed E-state index contributed by atoms with van der Waals surface area (Å²) in [6.45, 7) is 0.201. The lowest BCUT2D eigenvalue weighted by atomic mass is 9.91. The van der Waals surface area contributed by atoms with Crippen LogP contribution in [-0.4, -0.2) is 23.0 Å². The summed E-state index contributed by atoms with van der Waals surface area (Å²) in [5.74, 6) is -0.502. The first-order valence-corrected chi connectivity index (χ1v) is 9.09. The number of nitrogens with one attached hydrogen (secondary N) is 2. The number of hydrogen-bond acceptors (Lipinski definition) is 5. The molecule has 1 fully saturated rings. The maximum Gasteiger partial charge on any atom is 0.254 e. The van der Waals surface area contributed by atoms with Crippen molar-refractivity contribution in [2.45, 2.75) is 44.3 Å². The molecule has 0 aromatic carbocycles. The number of carbonyl (C=O) groups is 1. The molecule has 2 aromatic heterocycles. The fraction of sp³-hybridized carbons (Fsp3) is 0.412. The lowest BCUT2D eigenvalue weighted by Crippen LogP contribution is -2.43. The van der Waals surface area contributed by atoms with Crippen molar-refractivity contribution >= 4 is 23.1 Å². The Bertz CT molecular complexity index is 777. The highest BCUT2D eigenvalue weighted by atomic mass is 32.1. The first kappa shape index (κ1) is 15.5. The van der Waals surface area contributed by atoms with Gasteiger partial charge in [0.05, 0.1) is 16.1 Å². The number of halogens is 1. The molecule has 1 amide bonds. The number of amides is 1. The summed E-state index contributed by atoms with van der Waals surface area (Å²) in [5.41, 5.74) is 7.46. The van der Waals surface area contributed by atoms with E-state index < -0.39 is 5.82 Å². The second-order valence-corrected chi connectivity index (χ2v) is 7.28. The SMILES string of the molecule is NC1CCCCC1Nc1nc(-c2cccs2)c2c(c1F)CNC2=O. The molecule has 5 nitrogen and oxygen atoms in total. The molecule has 0 bridgehead atoms. The van der Waals surface area contributed by atoms with E-state index in [0.717, 1.165) is 30.6 Å². The summed E-state index contributed by atoms with van der Waals surface area (Å²) in [6, 6.07) is 3.81. The zero-order chi connectivity index (χ0) is 16.7. The van der Waals surface area contributed by atoms with E-state index in [0.29, 0.717) is 16.8 Å². The standard InChI is InChI=1S/C17H19FN4OS/c18-14-9-8-20-17(23)13(9)15(12-6-3-7-24-12)22-16(14)21-11-5-2-1-4-10(11)19/h3,6-7,10-11H,1-2,4-5,8,19H2,(H,20,23)(H,21,22). The monoisotopic (exact) mass is 346 g/mol. The summed E-state index contributed by atoms with van der Waals surface area (Å²) in [6.07, 6.45) is 4.03. The number of fused-ring (bicyclic) bond motifs is 1. The smallest absolute Gasteiger partial charge is 0.254 e. The molecular weight excluding hydrogens is 327 g/mol. The largest absolute Gasteiger partial charge is 0.363 e. The van der Waals surface area contributed by atoms with Crippen LogP contribution in [0, 0.1) is 5.82 Å². The molecule has 4 N–H and O–H groups in total. The van der Waals surface area contributed by atoms with Crippen LogP contribution in [0.4, 0.5) is 10.2 Å². The Labute approximate surface area is 143 Å². The number of nitrogens with two attached hydrogens (primary N) is 1. The van der Waals surface area contributed by atoms with Gasteiger partial charge in [-0.2, -0.15) is 0 Å². The van der Waals surface area contributed by atoms with Gasteiger partial charge < -0.3 is 16.4 Å². The number of nitrogens with zero attached hydrogens (tertiary/aromatic N) is 1. The highest BCUT2D eigenvalue weighted by molar-refractivity contribution is 7.13. The number of hydrogen-bond donors (Lipinski definition) is 3. The predicted molar refractivity (Wildman–Crippen MR) is 92.5 cm³/mol. The van der Waals surface area contributed by atoms with Crippen molar-refractivity contribution in [3.8, 4) is 10.6 Å². The van der Waals surface area contributed by atoms with E-state index in [4.69, 9.17) is 5.73 Å². The Morgan fingerprint density at radius 2 is 2.21 bits per heavy atom. The minimum atomic E-state index is -0.443. The van der Waals surface area contributed by atoms with Crippen LogP contribution < -0.4 is 16.4 Å². The van der Waals surface area contributed by atoms with Crippen molar-refractivity contribution in [2.75, 3.05) is 5.32 Å². The maximum atomic E-state index is 14.9. The lowest BCUT2D eigenvalue weighted by Gasteiger charge is -2.30. The third kappa shape index (κ3) is 2.57. The molecule has 1 saturated carbocycles. The molecule has 1 aliphatic heterocycles. The molecular formula is C17H19FN4OS. The van der Waals surface area contributed by atoms with Gasteiger partial charge in [0.2, 0.25) is 0 Å². The number of thiophene rings is 1. The van der Waals surface area contributed by atoms with Crippen LogP contribution in [0.5, 0.6) is 0 Å². The minimum Gasteiger partial charge on any atom is -0.363 e. The van der Waals surface area contributed by atoms with E-state index in [2.05, 4.69) is 15.6 Å². The van der Waals surface area contributed by atoms with Crippen LogP contribution in [-0.2, 0) is 6.54 Å². The molecule has 2 aliphatic rings. The predicted octanol–water partition coefficient (Wildman–Crippen LogP) is 2.87. The van der Waals surface area contributed by atoms with Gasteiger partial charge in [0.25, 0.3) is 5.91 Å². The highest BCUT2D eigenvalue weighted by Gasteiger charge is 2.32. The quantitative estimate of drug-likeness (QED) is 0.798. The average molecular weight is 346 g/mol. The molecule has 126 valence electrons. The first-order valence-electron chi connectivity index (χ1n) is 8.21. The zero-order valence-electron chi connectivity index (χ0n) is 13.1. The minimum absolute atomic E-state index is 0.00171. The van der Waals surface area contributed by atoms with E-state index in [-0.39, 0.29) is 30.4 Å². The maximum absolute atomic E-state index is 14.9. The van der Waals surface area contributed by atoms with Crippen LogP contribution in [0.3, 0.4) is 0 Å². The van der Waals surface area contributed by atoms with Crippen molar-refractivity contribution in [3.05, 3.63) is 34.5 Å². The molecule has 3 heterocycles. The van der Waals surface area contributed by atoms with Crippen molar-refractivity contribution in [1.82, 2.24) is 10.3 Å². The van der Waals surface area contributed by atoms with Gasteiger partial charge in [-0.1, -0.05) is 18.9 Å². The van der Waals surface area contributed by atoms with Gasteiger partial charge in [0.1, 0.15) is 0 Å². The second kappa shape index (κ2) is 6.14. The fourth-order valence-corrected chi connectivity index (χ4v) is 4.20. The third-order valence-corrected chi connectivity index (χ3v) is 5.66. The molecule has 4 rings (SSSR count). The van der Waals surface area contributed by atoms with E-state index in [1.54, 1.807) is 0 Å². The number of rotatable bonds is 3. The number of anilines is 1. The number of carbonyl (C=O) groups excluding carboxylic acids is 1. The van der Waals surface area contributed by atoms with Crippen molar-refractivity contribution in [3.63, 3.8) is 0 Å². The van der Waals surface area contributed by atoms with Gasteiger partial charge in [-0.05, 0) is 24.3 Å².